The van der Waals surface area contributed by atoms with Crippen molar-refractivity contribution in [1.82, 2.24) is 0 Å². The Labute approximate surface area is 200 Å². The minimum absolute atomic E-state index is 0.0159. The van der Waals surface area contributed by atoms with Crippen molar-refractivity contribution in [3.8, 4) is 0 Å². The molecule has 5 nitrogen and oxygen atoms in total. The molecule has 0 aromatic heterocycles. The molecular formula is C25H35F3O5S. The van der Waals surface area contributed by atoms with Gasteiger partial charge in [0.1, 0.15) is 5.76 Å². The number of hydrogen-bond donors (Lipinski definition) is 0. The van der Waals surface area contributed by atoms with Crippen LogP contribution in [-0.4, -0.2) is 32.9 Å². The fourth-order valence-electron chi connectivity index (χ4n) is 7.60. The predicted molar refractivity (Wildman–Crippen MR) is 120 cm³/mol. The highest BCUT2D eigenvalue weighted by Crippen LogP contribution is 2.65. The van der Waals surface area contributed by atoms with Crippen molar-refractivity contribution >= 4 is 10.1 Å². The van der Waals surface area contributed by atoms with Crippen molar-refractivity contribution in [2.24, 2.45) is 28.6 Å². The number of ether oxygens (including phenoxy) is 2. The molecule has 1 heterocycles. The van der Waals surface area contributed by atoms with Gasteiger partial charge in [-0.25, -0.2) is 0 Å². The number of hydrogen-bond acceptors (Lipinski definition) is 5. The molecule has 0 aromatic rings. The summed E-state index contributed by atoms with van der Waals surface area (Å²) in [7, 11) is -5.65. The van der Waals surface area contributed by atoms with Crippen LogP contribution < -0.4 is 0 Å². The van der Waals surface area contributed by atoms with Gasteiger partial charge in [-0.05, 0) is 93.5 Å². The first kappa shape index (κ1) is 24.6. The van der Waals surface area contributed by atoms with Gasteiger partial charge in [-0.1, -0.05) is 25.5 Å². The zero-order valence-electron chi connectivity index (χ0n) is 19.9. The highest BCUT2D eigenvalue weighted by molar-refractivity contribution is 7.87. The van der Waals surface area contributed by atoms with E-state index in [9.17, 15) is 21.6 Å². The van der Waals surface area contributed by atoms with Crippen molar-refractivity contribution in [2.45, 2.75) is 96.0 Å². The van der Waals surface area contributed by atoms with Crippen LogP contribution in [0.1, 0.15) is 78.1 Å². The van der Waals surface area contributed by atoms with E-state index in [1.54, 1.807) is 6.08 Å². The molecular weight excluding hydrogens is 469 g/mol. The molecule has 1 saturated heterocycles. The van der Waals surface area contributed by atoms with E-state index >= 15 is 0 Å². The predicted octanol–water partition coefficient (Wildman–Crippen LogP) is 6.22. The van der Waals surface area contributed by atoms with Crippen molar-refractivity contribution < 1.29 is 35.2 Å². The van der Waals surface area contributed by atoms with Crippen LogP contribution in [0.5, 0.6) is 0 Å². The van der Waals surface area contributed by atoms with Crippen LogP contribution in [0, 0.1) is 28.6 Å². The molecule has 1 aliphatic heterocycles. The van der Waals surface area contributed by atoms with Gasteiger partial charge in [0.25, 0.3) is 0 Å². The van der Waals surface area contributed by atoms with Gasteiger partial charge in [0.15, 0.2) is 6.29 Å². The van der Waals surface area contributed by atoms with Crippen LogP contribution in [-0.2, 0) is 23.8 Å². The Kier molecular flexibility index (Phi) is 6.16. The summed E-state index contributed by atoms with van der Waals surface area (Å²) in [4.78, 5) is 0. The maximum atomic E-state index is 13.0. The van der Waals surface area contributed by atoms with Gasteiger partial charge in [0.05, 0.1) is 6.10 Å². The summed E-state index contributed by atoms with van der Waals surface area (Å²) in [6, 6.07) is 0. The summed E-state index contributed by atoms with van der Waals surface area (Å²) in [5, 5.41) is 0. The second kappa shape index (κ2) is 8.51. The van der Waals surface area contributed by atoms with Crippen molar-refractivity contribution in [2.75, 3.05) is 6.61 Å². The zero-order chi connectivity index (χ0) is 24.4. The highest BCUT2D eigenvalue weighted by Gasteiger charge is 2.59. The van der Waals surface area contributed by atoms with E-state index in [-0.39, 0.29) is 29.5 Å². The van der Waals surface area contributed by atoms with E-state index in [0.29, 0.717) is 24.7 Å². The Morgan fingerprint density at radius 1 is 1.00 bits per heavy atom. The average molecular weight is 505 g/mol. The third-order valence-corrected chi connectivity index (χ3v) is 10.5. The average Bonchev–Trinajstić information content (AvgIpc) is 3.10. The second-order valence-electron chi connectivity index (χ2n) is 11.3. The third-order valence-electron chi connectivity index (χ3n) is 9.53. The fraction of sp³-hybridized carbons (Fsp3) is 0.840. The lowest BCUT2D eigenvalue weighted by Crippen LogP contribution is -2.50. The lowest BCUT2D eigenvalue weighted by Gasteiger charge is -2.57. The molecule has 2 saturated carbocycles. The molecule has 7 atom stereocenters. The summed E-state index contributed by atoms with van der Waals surface area (Å²) in [6.07, 6.45) is 13.1. The van der Waals surface area contributed by atoms with Crippen molar-refractivity contribution in [3.63, 3.8) is 0 Å². The third kappa shape index (κ3) is 4.03. The largest absolute Gasteiger partial charge is 0.534 e. The maximum absolute atomic E-state index is 13.0. The van der Waals surface area contributed by atoms with Crippen LogP contribution in [0.15, 0.2) is 23.5 Å². The van der Waals surface area contributed by atoms with Gasteiger partial charge in [0, 0.05) is 12.0 Å². The van der Waals surface area contributed by atoms with E-state index in [1.807, 2.05) is 6.92 Å². The van der Waals surface area contributed by atoms with Crippen LogP contribution in [0.3, 0.4) is 0 Å². The molecule has 0 spiro atoms. The molecule has 3 fully saturated rings. The quantitative estimate of drug-likeness (QED) is 0.258. The van der Waals surface area contributed by atoms with E-state index < -0.39 is 21.0 Å². The van der Waals surface area contributed by atoms with Gasteiger partial charge < -0.3 is 13.7 Å². The van der Waals surface area contributed by atoms with Crippen LogP contribution >= 0.6 is 0 Å². The molecule has 9 heteroatoms. The molecule has 4 aliphatic carbocycles. The molecule has 5 unspecified atom stereocenters. The van der Waals surface area contributed by atoms with Crippen LogP contribution in [0.2, 0.25) is 0 Å². The number of alkyl halides is 3. The monoisotopic (exact) mass is 504 g/mol. The number of fused-ring (bicyclic) bond motifs is 5. The van der Waals surface area contributed by atoms with Crippen LogP contribution in [0.4, 0.5) is 13.2 Å². The Balaban J connectivity index is 1.30. The van der Waals surface area contributed by atoms with Gasteiger partial charge >= 0.3 is 15.6 Å². The fourth-order valence-corrected chi connectivity index (χ4v) is 8.19. The molecule has 0 radical (unpaired) electrons. The van der Waals surface area contributed by atoms with Gasteiger partial charge in [-0.3, -0.25) is 0 Å². The van der Waals surface area contributed by atoms with Crippen LogP contribution in [0.25, 0.3) is 0 Å². The number of allylic oxidation sites excluding steroid dienone is 3. The Hall–Kier alpha value is -1.06. The lowest BCUT2D eigenvalue weighted by molar-refractivity contribution is -0.195. The normalized spacial score (nSPS) is 42.7. The molecule has 0 N–H and O–H groups in total. The SMILES string of the molecule is C[C@]12CCC(OC3CCCCO3)CC1=CCC1C2CC[C@]2(C)C(OS(=O)(=O)C(F)(F)F)=CCC12. The van der Waals surface area contributed by atoms with Gasteiger partial charge in [-0.15, -0.1) is 0 Å². The van der Waals surface area contributed by atoms with Crippen molar-refractivity contribution in [1.29, 1.82) is 0 Å². The lowest BCUT2D eigenvalue weighted by atomic mass is 9.48. The smallest absolute Gasteiger partial charge is 0.380 e. The summed E-state index contributed by atoms with van der Waals surface area (Å²) in [5.74, 6) is 0.809. The molecule has 5 rings (SSSR count). The summed E-state index contributed by atoms with van der Waals surface area (Å²) in [5.41, 5.74) is -4.59. The first-order chi connectivity index (χ1) is 15.9. The first-order valence-electron chi connectivity index (χ1n) is 12.6. The first-order valence-corrected chi connectivity index (χ1v) is 14.0. The summed E-state index contributed by atoms with van der Waals surface area (Å²) in [6.45, 7) is 5.00. The zero-order valence-corrected chi connectivity index (χ0v) is 20.7. The standard InChI is InChI=1S/C25H35F3O5S/c1-23-12-10-17(32-22-5-3-4-14-31-22)15-16(23)6-7-18-19-8-9-21(24(19,2)13-11-20(18)23)33-34(29,30)25(26,27)28/h6,9,17-20,22H,3-5,7-8,10-15H2,1-2H3/t17?,18?,19?,20?,22?,23-,24-/m0/s1. The highest BCUT2D eigenvalue weighted by atomic mass is 32.2. The van der Waals surface area contributed by atoms with E-state index in [1.165, 1.54) is 5.57 Å². The molecule has 34 heavy (non-hydrogen) atoms. The molecule has 5 aliphatic rings. The Morgan fingerprint density at radius 2 is 1.76 bits per heavy atom. The molecule has 0 amide bonds. The Bertz CT molecular complexity index is 968. The van der Waals surface area contributed by atoms with E-state index in [2.05, 4.69) is 13.0 Å². The second-order valence-corrected chi connectivity index (χ2v) is 12.8. The molecule has 0 aromatic carbocycles. The molecule has 0 bridgehead atoms. The minimum atomic E-state index is -5.65. The maximum Gasteiger partial charge on any atom is 0.534 e. The Morgan fingerprint density at radius 3 is 2.47 bits per heavy atom. The topological polar surface area (TPSA) is 61.8 Å². The van der Waals surface area contributed by atoms with Gasteiger partial charge in [0.2, 0.25) is 0 Å². The van der Waals surface area contributed by atoms with E-state index in [0.717, 1.165) is 58.0 Å². The van der Waals surface area contributed by atoms with Gasteiger partial charge in [-0.2, -0.15) is 21.6 Å². The minimum Gasteiger partial charge on any atom is -0.380 e. The summed E-state index contributed by atoms with van der Waals surface area (Å²) < 4.78 is 79.0. The van der Waals surface area contributed by atoms with E-state index in [4.69, 9.17) is 13.7 Å². The summed E-state index contributed by atoms with van der Waals surface area (Å²) >= 11 is 0. The number of rotatable bonds is 4. The van der Waals surface area contributed by atoms with Crippen molar-refractivity contribution in [3.05, 3.63) is 23.5 Å². The molecule has 192 valence electrons. The number of halogens is 3.